The van der Waals surface area contributed by atoms with E-state index < -0.39 is 0 Å². The number of nitrogens with one attached hydrogen (secondary N) is 1. The molecule has 1 aliphatic rings. The fraction of sp³-hybridized carbons (Fsp3) is 1.00. The molecule has 0 bridgehead atoms. The van der Waals surface area contributed by atoms with E-state index in [2.05, 4.69) is 24.1 Å². The topological polar surface area (TPSA) is 15.3 Å². The van der Waals surface area contributed by atoms with Crippen LogP contribution in [0.15, 0.2) is 0 Å². The molecule has 0 aromatic rings. The third-order valence-electron chi connectivity index (χ3n) is 3.00. The molecule has 2 unspecified atom stereocenters. The predicted octanol–water partition coefficient (Wildman–Crippen LogP) is 1.47. The Balaban J connectivity index is 2.34. The summed E-state index contributed by atoms with van der Waals surface area (Å²) in [6.07, 6.45) is 4.18. The molecule has 1 saturated heterocycles. The van der Waals surface area contributed by atoms with Crippen molar-refractivity contribution in [3.63, 3.8) is 0 Å². The lowest BCUT2D eigenvalue weighted by molar-refractivity contribution is 0.105. The monoisotopic (exact) mass is 170 g/mol. The maximum atomic E-state index is 3.21. The molecular weight excluding hydrogens is 148 g/mol. The molecule has 72 valence electrons. The fourth-order valence-corrected chi connectivity index (χ4v) is 2.16. The van der Waals surface area contributed by atoms with Gasteiger partial charge in [0, 0.05) is 25.2 Å². The second-order valence-corrected chi connectivity index (χ2v) is 3.97. The van der Waals surface area contributed by atoms with Gasteiger partial charge in [-0.3, -0.25) is 4.90 Å². The van der Waals surface area contributed by atoms with Crippen molar-refractivity contribution in [1.82, 2.24) is 10.2 Å². The lowest BCUT2D eigenvalue weighted by Crippen LogP contribution is -2.46. The van der Waals surface area contributed by atoms with Crippen LogP contribution in [0.4, 0.5) is 0 Å². The van der Waals surface area contributed by atoms with E-state index in [1.54, 1.807) is 0 Å². The summed E-state index contributed by atoms with van der Waals surface area (Å²) in [5.74, 6) is 0. The number of likely N-dealkylation sites (tertiary alicyclic amines) is 1. The van der Waals surface area contributed by atoms with Gasteiger partial charge < -0.3 is 5.32 Å². The zero-order valence-electron chi connectivity index (χ0n) is 8.64. The highest BCUT2D eigenvalue weighted by molar-refractivity contribution is 4.79. The normalized spacial score (nSPS) is 32.2. The Morgan fingerprint density at radius 3 is 2.33 bits per heavy atom. The average Bonchev–Trinajstić information content (AvgIpc) is 2.04. The van der Waals surface area contributed by atoms with Gasteiger partial charge in [0.1, 0.15) is 0 Å². The molecule has 1 aliphatic heterocycles. The second kappa shape index (κ2) is 4.83. The van der Waals surface area contributed by atoms with Crippen molar-refractivity contribution in [3.8, 4) is 0 Å². The highest BCUT2D eigenvalue weighted by atomic mass is 15.2. The first-order valence-corrected chi connectivity index (χ1v) is 5.16. The smallest absolute Gasteiger partial charge is 0.0112 e. The van der Waals surface area contributed by atoms with Crippen LogP contribution in [0.3, 0.4) is 0 Å². The number of hydrogen-bond donors (Lipinski definition) is 1. The van der Waals surface area contributed by atoms with Gasteiger partial charge in [-0.05, 0) is 33.7 Å². The summed E-state index contributed by atoms with van der Waals surface area (Å²) in [5, 5.41) is 3.21. The van der Waals surface area contributed by atoms with Crippen molar-refractivity contribution in [1.29, 1.82) is 0 Å². The average molecular weight is 170 g/mol. The van der Waals surface area contributed by atoms with Crippen molar-refractivity contribution < 1.29 is 0 Å². The summed E-state index contributed by atoms with van der Waals surface area (Å²) in [6, 6.07) is 1.59. The first-order valence-electron chi connectivity index (χ1n) is 5.16. The highest BCUT2D eigenvalue weighted by Crippen LogP contribution is 2.21. The van der Waals surface area contributed by atoms with Crippen LogP contribution in [-0.4, -0.2) is 37.1 Å². The van der Waals surface area contributed by atoms with E-state index in [4.69, 9.17) is 0 Å². The van der Waals surface area contributed by atoms with Crippen LogP contribution in [0.1, 0.15) is 33.1 Å². The van der Waals surface area contributed by atoms with E-state index in [1.165, 1.54) is 25.8 Å². The lowest BCUT2D eigenvalue weighted by atomic mass is 9.98. The maximum Gasteiger partial charge on any atom is 0.0112 e. The number of hydrogen-bond acceptors (Lipinski definition) is 2. The third-order valence-corrected chi connectivity index (χ3v) is 3.00. The zero-order valence-corrected chi connectivity index (χ0v) is 8.64. The Morgan fingerprint density at radius 1 is 1.25 bits per heavy atom. The summed E-state index contributed by atoms with van der Waals surface area (Å²) in [5.41, 5.74) is 0. The predicted molar refractivity (Wildman–Crippen MR) is 53.4 cm³/mol. The van der Waals surface area contributed by atoms with E-state index in [0.717, 1.165) is 18.6 Å². The van der Waals surface area contributed by atoms with Crippen molar-refractivity contribution in [2.45, 2.75) is 45.2 Å². The largest absolute Gasteiger partial charge is 0.318 e. The highest BCUT2D eigenvalue weighted by Gasteiger charge is 2.23. The number of likely N-dealkylation sites (N-methyl/N-ethyl adjacent to an activating group) is 1. The molecule has 0 spiro atoms. The van der Waals surface area contributed by atoms with Gasteiger partial charge >= 0.3 is 0 Å². The van der Waals surface area contributed by atoms with Crippen molar-refractivity contribution in [2.24, 2.45) is 0 Å². The molecule has 0 aliphatic carbocycles. The first-order chi connectivity index (χ1) is 5.75. The lowest BCUT2D eigenvalue weighted by Gasteiger charge is -2.38. The minimum atomic E-state index is 0.794. The second-order valence-electron chi connectivity index (χ2n) is 3.97. The quantitative estimate of drug-likeness (QED) is 0.690. The van der Waals surface area contributed by atoms with E-state index >= 15 is 0 Å². The standard InChI is InChI=1S/C10H22N2/c1-9-5-4-6-10(2)12(9)8-7-11-3/h9-11H,4-8H2,1-3H3. The van der Waals surface area contributed by atoms with E-state index in [9.17, 15) is 0 Å². The van der Waals surface area contributed by atoms with Crippen LogP contribution in [0.5, 0.6) is 0 Å². The molecule has 12 heavy (non-hydrogen) atoms. The van der Waals surface area contributed by atoms with Crippen LogP contribution in [0.2, 0.25) is 0 Å². The van der Waals surface area contributed by atoms with Gasteiger partial charge in [0.25, 0.3) is 0 Å². The maximum absolute atomic E-state index is 3.21. The van der Waals surface area contributed by atoms with Gasteiger partial charge in [-0.15, -0.1) is 0 Å². The molecule has 0 aromatic carbocycles. The Labute approximate surface area is 76.3 Å². The molecule has 0 saturated carbocycles. The summed E-state index contributed by atoms with van der Waals surface area (Å²) in [4.78, 5) is 2.62. The summed E-state index contributed by atoms with van der Waals surface area (Å²) in [7, 11) is 2.03. The number of rotatable bonds is 3. The number of piperidine rings is 1. The van der Waals surface area contributed by atoms with Gasteiger partial charge in [0.05, 0.1) is 0 Å². The van der Waals surface area contributed by atoms with Crippen LogP contribution < -0.4 is 5.32 Å². The number of nitrogens with zero attached hydrogens (tertiary/aromatic N) is 1. The van der Waals surface area contributed by atoms with Gasteiger partial charge in [-0.2, -0.15) is 0 Å². The zero-order chi connectivity index (χ0) is 8.97. The minimum absolute atomic E-state index is 0.794. The third kappa shape index (κ3) is 2.46. The van der Waals surface area contributed by atoms with Crippen LogP contribution in [0.25, 0.3) is 0 Å². The molecule has 1 fully saturated rings. The minimum Gasteiger partial charge on any atom is -0.318 e. The molecule has 2 nitrogen and oxygen atoms in total. The summed E-state index contributed by atoms with van der Waals surface area (Å²) < 4.78 is 0. The van der Waals surface area contributed by atoms with Gasteiger partial charge in [-0.25, -0.2) is 0 Å². The first kappa shape index (κ1) is 10.0. The van der Waals surface area contributed by atoms with Crippen LogP contribution in [0, 0.1) is 0 Å². The van der Waals surface area contributed by atoms with Crippen molar-refractivity contribution in [3.05, 3.63) is 0 Å². The Bertz CT molecular complexity index is 115. The molecule has 1 heterocycles. The summed E-state index contributed by atoms with van der Waals surface area (Å²) in [6.45, 7) is 7.03. The van der Waals surface area contributed by atoms with Gasteiger partial charge in [0.15, 0.2) is 0 Å². The fourth-order valence-electron chi connectivity index (χ4n) is 2.16. The molecule has 1 N–H and O–H groups in total. The van der Waals surface area contributed by atoms with E-state index in [-0.39, 0.29) is 0 Å². The van der Waals surface area contributed by atoms with Crippen molar-refractivity contribution in [2.75, 3.05) is 20.1 Å². The molecule has 1 rings (SSSR count). The summed E-state index contributed by atoms with van der Waals surface area (Å²) >= 11 is 0. The Kier molecular flexibility index (Phi) is 4.02. The SMILES string of the molecule is CNCCN1C(C)CCCC1C. The van der Waals surface area contributed by atoms with Crippen LogP contribution >= 0.6 is 0 Å². The van der Waals surface area contributed by atoms with Crippen molar-refractivity contribution >= 4 is 0 Å². The molecule has 2 heteroatoms. The van der Waals surface area contributed by atoms with E-state index in [0.29, 0.717) is 0 Å². The molecule has 0 radical (unpaired) electrons. The molecule has 0 aromatic heterocycles. The van der Waals surface area contributed by atoms with E-state index in [1.807, 2.05) is 7.05 Å². The molecule has 2 atom stereocenters. The van der Waals surface area contributed by atoms with Crippen LogP contribution in [-0.2, 0) is 0 Å². The molecule has 0 amide bonds. The molecular formula is C10H22N2. The van der Waals surface area contributed by atoms with Gasteiger partial charge in [-0.1, -0.05) is 6.42 Å². The Morgan fingerprint density at radius 2 is 1.83 bits per heavy atom. The Hall–Kier alpha value is -0.0800. The van der Waals surface area contributed by atoms with Gasteiger partial charge in [0.2, 0.25) is 0 Å².